The van der Waals surface area contributed by atoms with Crippen LogP contribution in [0.4, 0.5) is 18.9 Å². The number of alkyl halides is 3. The summed E-state index contributed by atoms with van der Waals surface area (Å²) in [6, 6.07) is 17.7. The Morgan fingerprint density at radius 3 is 2.26 bits per heavy atom. The Morgan fingerprint density at radius 1 is 0.963 bits per heavy atom. The van der Waals surface area contributed by atoms with Crippen LogP contribution in [0.25, 0.3) is 0 Å². The second-order valence-corrected chi connectivity index (χ2v) is 6.92. The fourth-order valence-corrected chi connectivity index (χ4v) is 3.48. The van der Waals surface area contributed by atoms with Crippen LogP contribution < -0.4 is 10.6 Å². The number of rotatable bonds is 7. The molecule has 0 amide bonds. The van der Waals surface area contributed by atoms with Gasteiger partial charge >= 0.3 is 6.18 Å². The molecule has 0 saturated carbocycles. The molecule has 0 spiro atoms. The highest BCUT2D eigenvalue weighted by molar-refractivity contribution is 5.45. The van der Waals surface area contributed by atoms with Crippen molar-refractivity contribution in [2.45, 2.75) is 31.6 Å². The molecule has 1 aliphatic heterocycles. The number of anilines is 1. The number of nitrogens with one attached hydrogen (secondary N) is 2. The summed E-state index contributed by atoms with van der Waals surface area (Å²) in [5, 5.41) is 6.62. The van der Waals surface area contributed by atoms with Gasteiger partial charge in [0.25, 0.3) is 0 Å². The van der Waals surface area contributed by atoms with Crippen molar-refractivity contribution in [1.29, 1.82) is 0 Å². The van der Waals surface area contributed by atoms with Gasteiger partial charge in [-0.05, 0) is 29.7 Å². The summed E-state index contributed by atoms with van der Waals surface area (Å²) in [6.07, 6.45) is -4.78. The molecule has 2 N–H and O–H groups in total. The van der Waals surface area contributed by atoms with E-state index in [1.165, 1.54) is 5.56 Å². The van der Waals surface area contributed by atoms with E-state index in [1.54, 1.807) is 0 Å². The van der Waals surface area contributed by atoms with Gasteiger partial charge in [-0.1, -0.05) is 42.5 Å². The largest absolute Gasteiger partial charge is 0.389 e. The van der Waals surface area contributed by atoms with E-state index in [4.69, 9.17) is 0 Å². The molecule has 1 fully saturated rings. The third-order valence-corrected chi connectivity index (χ3v) is 4.93. The number of halogens is 3. The molecule has 1 atom stereocenters. The molecule has 27 heavy (non-hydrogen) atoms. The Labute approximate surface area is 158 Å². The zero-order chi connectivity index (χ0) is 19.1. The molecule has 1 saturated heterocycles. The minimum absolute atomic E-state index is 0.0975. The van der Waals surface area contributed by atoms with Gasteiger partial charge in [-0.15, -0.1) is 0 Å². The molecule has 1 aliphatic rings. The summed E-state index contributed by atoms with van der Waals surface area (Å²) in [5.41, 5.74) is 3.11. The fraction of sp³-hybridized carbons (Fsp3) is 0.429. The maximum atomic E-state index is 12.8. The van der Waals surface area contributed by atoms with Crippen molar-refractivity contribution in [2.24, 2.45) is 0 Å². The van der Waals surface area contributed by atoms with E-state index in [1.807, 2.05) is 42.5 Å². The lowest BCUT2D eigenvalue weighted by Gasteiger charge is -2.35. The van der Waals surface area contributed by atoms with Gasteiger partial charge in [-0.2, -0.15) is 13.2 Å². The molecule has 2 aromatic carbocycles. The predicted octanol–water partition coefficient (Wildman–Crippen LogP) is 4.59. The van der Waals surface area contributed by atoms with Crippen molar-refractivity contribution >= 4 is 5.69 Å². The molecule has 0 radical (unpaired) electrons. The highest BCUT2D eigenvalue weighted by Crippen LogP contribution is 2.32. The van der Waals surface area contributed by atoms with Crippen molar-refractivity contribution in [3.63, 3.8) is 0 Å². The average Bonchev–Trinajstić information content (AvgIpc) is 2.68. The quantitative estimate of drug-likeness (QED) is 0.739. The van der Waals surface area contributed by atoms with E-state index < -0.39 is 12.6 Å². The third kappa shape index (κ3) is 6.26. The molecular weight excluding hydrogens is 351 g/mol. The molecule has 3 nitrogen and oxygen atoms in total. The maximum Gasteiger partial charge on any atom is 0.389 e. The third-order valence-electron chi connectivity index (χ3n) is 4.93. The summed E-state index contributed by atoms with van der Waals surface area (Å²) in [5.74, 6) is 0. The lowest BCUT2D eigenvalue weighted by atomic mass is 9.99. The van der Waals surface area contributed by atoms with Crippen molar-refractivity contribution in [2.75, 3.05) is 31.5 Å². The van der Waals surface area contributed by atoms with Gasteiger partial charge in [0.05, 0.1) is 0 Å². The Bertz CT molecular complexity index is 680. The molecule has 146 valence electrons. The molecular formula is C21H26F3N3. The lowest BCUT2D eigenvalue weighted by molar-refractivity contribution is -0.138. The SMILES string of the molecule is FC(F)(F)CC[C@@H](c1ccc(NCc2ccccc2)cc1)N1CCNCC1. The molecule has 3 rings (SSSR count). The summed E-state index contributed by atoms with van der Waals surface area (Å²) in [4.78, 5) is 2.16. The van der Waals surface area contributed by atoms with Crippen molar-refractivity contribution in [3.8, 4) is 0 Å². The van der Waals surface area contributed by atoms with Crippen LogP contribution in [-0.2, 0) is 6.54 Å². The minimum atomic E-state index is -4.12. The van der Waals surface area contributed by atoms with Crippen molar-refractivity contribution < 1.29 is 13.2 Å². The van der Waals surface area contributed by atoms with Crippen LogP contribution in [0.2, 0.25) is 0 Å². The first-order valence-corrected chi connectivity index (χ1v) is 9.40. The summed E-state index contributed by atoms with van der Waals surface area (Å²) in [6.45, 7) is 3.90. The highest BCUT2D eigenvalue weighted by atomic mass is 19.4. The van der Waals surface area contributed by atoms with E-state index in [2.05, 4.69) is 27.7 Å². The zero-order valence-electron chi connectivity index (χ0n) is 15.3. The topological polar surface area (TPSA) is 27.3 Å². The van der Waals surface area contributed by atoms with E-state index in [0.29, 0.717) is 0 Å². The number of hydrogen-bond acceptors (Lipinski definition) is 3. The predicted molar refractivity (Wildman–Crippen MR) is 103 cm³/mol. The first kappa shape index (κ1) is 19.7. The molecule has 2 aromatic rings. The number of hydrogen-bond donors (Lipinski definition) is 2. The van der Waals surface area contributed by atoms with Crippen LogP contribution in [0.3, 0.4) is 0 Å². The normalized spacial score (nSPS) is 16.9. The maximum absolute atomic E-state index is 12.8. The van der Waals surface area contributed by atoms with Crippen molar-refractivity contribution in [1.82, 2.24) is 10.2 Å². The van der Waals surface area contributed by atoms with Crippen LogP contribution in [-0.4, -0.2) is 37.3 Å². The Morgan fingerprint density at radius 2 is 1.63 bits per heavy atom. The van der Waals surface area contributed by atoms with Gasteiger partial charge in [0, 0.05) is 50.9 Å². The fourth-order valence-electron chi connectivity index (χ4n) is 3.48. The molecule has 0 bridgehead atoms. The molecule has 0 aromatic heterocycles. The van der Waals surface area contributed by atoms with Crippen LogP contribution in [0.5, 0.6) is 0 Å². The average molecular weight is 377 g/mol. The standard InChI is InChI=1S/C21H26F3N3/c22-21(23,24)11-10-20(27-14-12-25-13-15-27)18-6-8-19(9-7-18)26-16-17-4-2-1-3-5-17/h1-9,20,25-26H,10-16H2/t20-/m0/s1. The molecule has 6 heteroatoms. The first-order chi connectivity index (χ1) is 13.0. The van der Waals surface area contributed by atoms with Gasteiger partial charge in [-0.3, -0.25) is 4.90 Å². The first-order valence-electron chi connectivity index (χ1n) is 9.40. The van der Waals surface area contributed by atoms with Crippen LogP contribution in [0.1, 0.15) is 30.0 Å². The van der Waals surface area contributed by atoms with Gasteiger partial charge in [-0.25, -0.2) is 0 Å². The second kappa shape index (κ2) is 9.24. The van der Waals surface area contributed by atoms with E-state index >= 15 is 0 Å². The lowest BCUT2D eigenvalue weighted by Crippen LogP contribution is -2.45. The smallest absolute Gasteiger partial charge is 0.381 e. The highest BCUT2D eigenvalue weighted by Gasteiger charge is 2.31. The summed E-state index contributed by atoms with van der Waals surface area (Å²) >= 11 is 0. The molecule has 0 aliphatic carbocycles. The van der Waals surface area contributed by atoms with E-state index in [9.17, 15) is 13.2 Å². The van der Waals surface area contributed by atoms with E-state index in [-0.39, 0.29) is 12.5 Å². The Kier molecular flexibility index (Phi) is 6.74. The Balaban J connectivity index is 1.66. The number of piperazine rings is 1. The van der Waals surface area contributed by atoms with Gasteiger partial charge in [0.2, 0.25) is 0 Å². The molecule has 1 heterocycles. The van der Waals surface area contributed by atoms with Gasteiger partial charge < -0.3 is 10.6 Å². The second-order valence-electron chi connectivity index (χ2n) is 6.92. The van der Waals surface area contributed by atoms with E-state index in [0.717, 1.165) is 44.0 Å². The molecule has 0 unspecified atom stereocenters. The minimum Gasteiger partial charge on any atom is -0.381 e. The number of benzene rings is 2. The van der Waals surface area contributed by atoms with Crippen molar-refractivity contribution in [3.05, 3.63) is 65.7 Å². The monoisotopic (exact) mass is 377 g/mol. The number of nitrogens with zero attached hydrogens (tertiary/aromatic N) is 1. The van der Waals surface area contributed by atoms with Crippen LogP contribution >= 0.6 is 0 Å². The van der Waals surface area contributed by atoms with Crippen LogP contribution in [0.15, 0.2) is 54.6 Å². The zero-order valence-corrected chi connectivity index (χ0v) is 15.3. The van der Waals surface area contributed by atoms with Gasteiger partial charge in [0.1, 0.15) is 0 Å². The summed E-state index contributed by atoms with van der Waals surface area (Å²) < 4.78 is 38.4. The Hall–Kier alpha value is -2.05. The van der Waals surface area contributed by atoms with Crippen LogP contribution in [0, 0.1) is 0 Å². The van der Waals surface area contributed by atoms with Gasteiger partial charge in [0.15, 0.2) is 0 Å². The summed E-state index contributed by atoms with van der Waals surface area (Å²) in [7, 11) is 0.